The first kappa shape index (κ1) is 30.5. The summed E-state index contributed by atoms with van der Waals surface area (Å²) in [6, 6.07) is 10.5. The highest BCUT2D eigenvalue weighted by Gasteiger charge is 2.09. The van der Waals surface area contributed by atoms with Gasteiger partial charge in [0, 0.05) is 6.61 Å². The maximum atomic E-state index is 6.18. The molecule has 0 fully saturated rings. The monoisotopic (exact) mass is 478 g/mol. The van der Waals surface area contributed by atoms with E-state index < -0.39 is 0 Å². The summed E-state index contributed by atoms with van der Waals surface area (Å²) < 4.78 is 12.2. The highest BCUT2D eigenvalue weighted by atomic mass is 32.2. The van der Waals surface area contributed by atoms with Crippen LogP contribution in [0.25, 0.3) is 0 Å². The number of hydrogen-bond donors (Lipinski definition) is 0. The molecule has 1 atom stereocenters. The van der Waals surface area contributed by atoms with Crippen molar-refractivity contribution in [1.29, 1.82) is 0 Å². The number of benzene rings is 1. The second-order valence-corrected chi connectivity index (χ2v) is 10.6. The zero-order valence-electron chi connectivity index (χ0n) is 22.0. The number of unbranched alkanes of at least 4 members (excludes halogenated alkanes) is 14. The summed E-state index contributed by atoms with van der Waals surface area (Å²) in [6.07, 6.45) is 25.5. The van der Waals surface area contributed by atoms with Crippen molar-refractivity contribution in [2.24, 2.45) is 0 Å². The van der Waals surface area contributed by atoms with Crippen LogP contribution in [0.3, 0.4) is 0 Å². The third-order valence-electron chi connectivity index (χ3n) is 6.40. The zero-order chi connectivity index (χ0) is 23.7. The van der Waals surface area contributed by atoms with E-state index >= 15 is 0 Å². The van der Waals surface area contributed by atoms with Crippen molar-refractivity contribution in [2.45, 2.75) is 129 Å². The highest BCUT2D eigenvalue weighted by Crippen LogP contribution is 2.14. The van der Waals surface area contributed by atoms with Gasteiger partial charge in [-0.2, -0.15) is 11.8 Å². The first-order chi connectivity index (χ1) is 16.4. The molecule has 0 aliphatic carbocycles. The Labute approximate surface area is 211 Å². The molecule has 33 heavy (non-hydrogen) atoms. The normalized spacial score (nSPS) is 12.3. The molecule has 1 rings (SSSR count). The third kappa shape index (κ3) is 20.6. The standard InChI is InChI=1S/C30H54O2S/c1-3-4-17-24-30(32-27-29-22-18-16-19-23-29)28-31-25-20-14-12-10-8-6-5-7-9-11-13-15-21-26-33-2/h16,18-19,22-23,30H,3-15,17,20-21,24-28H2,1-2H3. The van der Waals surface area contributed by atoms with Gasteiger partial charge >= 0.3 is 0 Å². The molecule has 0 radical (unpaired) electrons. The number of rotatable bonds is 25. The first-order valence-corrected chi connectivity index (χ1v) is 15.5. The third-order valence-corrected chi connectivity index (χ3v) is 7.10. The van der Waals surface area contributed by atoms with Gasteiger partial charge in [0.2, 0.25) is 0 Å². The SMILES string of the molecule is CCCCCC(COCCCCCCCCCCCCCCCSC)OCc1ccccc1. The molecule has 0 spiro atoms. The maximum Gasteiger partial charge on any atom is 0.0813 e. The van der Waals surface area contributed by atoms with Crippen molar-refractivity contribution in [3.8, 4) is 0 Å². The fourth-order valence-electron chi connectivity index (χ4n) is 4.23. The van der Waals surface area contributed by atoms with E-state index in [9.17, 15) is 0 Å². The Morgan fingerprint density at radius 3 is 1.85 bits per heavy atom. The minimum atomic E-state index is 0.229. The minimum Gasteiger partial charge on any atom is -0.379 e. The van der Waals surface area contributed by atoms with Crippen LogP contribution in [0.2, 0.25) is 0 Å². The van der Waals surface area contributed by atoms with Crippen LogP contribution in [-0.4, -0.2) is 31.3 Å². The van der Waals surface area contributed by atoms with E-state index in [0.29, 0.717) is 6.61 Å². The van der Waals surface area contributed by atoms with Gasteiger partial charge in [-0.15, -0.1) is 0 Å². The molecular formula is C30H54O2S. The molecule has 1 aromatic carbocycles. The van der Waals surface area contributed by atoms with Crippen molar-refractivity contribution in [2.75, 3.05) is 25.2 Å². The van der Waals surface area contributed by atoms with Crippen LogP contribution >= 0.6 is 11.8 Å². The Balaban J connectivity index is 1.91. The lowest BCUT2D eigenvalue weighted by Gasteiger charge is -2.18. The van der Waals surface area contributed by atoms with Crippen molar-refractivity contribution in [3.05, 3.63) is 35.9 Å². The summed E-state index contributed by atoms with van der Waals surface area (Å²) in [5.74, 6) is 1.34. The fraction of sp³-hybridized carbons (Fsp3) is 0.800. The second-order valence-electron chi connectivity index (χ2n) is 9.58. The predicted octanol–water partition coefficient (Wildman–Crippen LogP) is 9.60. The van der Waals surface area contributed by atoms with Crippen molar-refractivity contribution in [3.63, 3.8) is 0 Å². The molecule has 0 saturated heterocycles. The molecule has 0 aliphatic rings. The largest absolute Gasteiger partial charge is 0.379 e. The van der Waals surface area contributed by atoms with E-state index in [0.717, 1.165) is 19.6 Å². The molecule has 3 heteroatoms. The summed E-state index contributed by atoms with van der Waals surface area (Å²) in [5.41, 5.74) is 1.25. The summed E-state index contributed by atoms with van der Waals surface area (Å²) >= 11 is 1.98. The van der Waals surface area contributed by atoms with E-state index in [2.05, 4.69) is 43.5 Å². The molecule has 0 saturated carbocycles. The second kappa shape index (κ2) is 24.6. The number of thioether (sulfide) groups is 1. The summed E-state index contributed by atoms with van der Waals surface area (Å²) in [5, 5.41) is 0. The molecule has 0 amide bonds. The Hall–Kier alpha value is -0.510. The average Bonchev–Trinajstić information content (AvgIpc) is 2.84. The number of hydrogen-bond acceptors (Lipinski definition) is 3. The van der Waals surface area contributed by atoms with E-state index in [1.807, 2.05) is 11.8 Å². The van der Waals surface area contributed by atoms with Gasteiger partial charge in [-0.3, -0.25) is 0 Å². The molecule has 1 aromatic rings. The van der Waals surface area contributed by atoms with Gasteiger partial charge in [0.25, 0.3) is 0 Å². The van der Waals surface area contributed by atoms with E-state index in [-0.39, 0.29) is 6.10 Å². The fourth-order valence-corrected chi connectivity index (χ4v) is 4.73. The lowest BCUT2D eigenvalue weighted by Crippen LogP contribution is -2.20. The molecule has 1 unspecified atom stereocenters. The molecule has 0 N–H and O–H groups in total. The Morgan fingerprint density at radius 1 is 0.697 bits per heavy atom. The van der Waals surface area contributed by atoms with Gasteiger partial charge in [-0.05, 0) is 36.8 Å². The van der Waals surface area contributed by atoms with Crippen LogP contribution < -0.4 is 0 Å². The lowest BCUT2D eigenvalue weighted by atomic mass is 10.0. The summed E-state index contributed by atoms with van der Waals surface area (Å²) in [6.45, 7) is 4.58. The average molecular weight is 479 g/mol. The molecule has 0 aliphatic heterocycles. The van der Waals surface area contributed by atoms with Crippen molar-refractivity contribution < 1.29 is 9.47 Å². The van der Waals surface area contributed by atoms with Crippen LogP contribution in [0.5, 0.6) is 0 Å². The zero-order valence-corrected chi connectivity index (χ0v) is 22.9. The number of ether oxygens (including phenoxy) is 2. The van der Waals surface area contributed by atoms with Crippen molar-refractivity contribution >= 4 is 11.8 Å². The van der Waals surface area contributed by atoms with Gasteiger partial charge in [0.1, 0.15) is 0 Å². The van der Waals surface area contributed by atoms with E-state index in [1.165, 1.54) is 114 Å². The Kier molecular flexibility index (Phi) is 22.8. The molecule has 2 nitrogen and oxygen atoms in total. The van der Waals surface area contributed by atoms with E-state index in [4.69, 9.17) is 9.47 Å². The molecule has 192 valence electrons. The van der Waals surface area contributed by atoms with Gasteiger partial charge in [-0.1, -0.05) is 127 Å². The molecule has 0 heterocycles. The van der Waals surface area contributed by atoms with E-state index in [1.54, 1.807) is 0 Å². The van der Waals surface area contributed by atoms with Gasteiger partial charge in [0.05, 0.1) is 19.3 Å². The van der Waals surface area contributed by atoms with Crippen molar-refractivity contribution in [1.82, 2.24) is 0 Å². The van der Waals surface area contributed by atoms with Gasteiger partial charge in [0.15, 0.2) is 0 Å². The Bertz CT molecular complexity index is 493. The maximum absolute atomic E-state index is 6.18. The highest BCUT2D eigenvalue weighted by molar-refractivity contribution is 7.98. The smallest absolute Gasteiger partial charge is 0.0813 e. The minimum absolute atomic E-state index is 0.229. The topological polar surface area (TPSA) is 18.5 Å². The quantitative estimate of drug-likeness (QED) is 0.130. The lowest BCUT2D eigenvalue weighted by molar-refractivity contribution is -0.0302. The van der Waals surface area contributed by atoms with Crippen LogP contribution in [0, 0.1) is 0 Å². The summed E-state index contributed by atoms with van der Waals surface area (Å²) in [4.78, 5) is 0. The molecular weight excluding hydrogens is 424 g/mol. The van der Waals surface area contributed by atoms with Crippen LogP contribution in [-0.2, 0) is 16.1 Å². The first-order valence-electron chi connectivity index (χ1n) is 14.1. The van der Waals surface area contributed by atoms with Crippen LogP contribution in [0.1, 0.15) is 122 Å². The van der Waals surface area contributed by atoms with Crippen LogP contribution in [0.4, 0.5) is 0 Å². The molecule has 0 aromatic heterocycles. The van der Waals surface area contributed by atoms with Crippen LogP contribution in [0.15, 0.2) is 30.3 Å². The Morgan fingerprint density at radius 2 is 1.27 bits per heavy atom. The predicted molar refractivity (Wildman–Crippen MR) is 148 cm³/mol. The van der Waals surface area contributed by atoms with Gasteiger partial charge < -0.3 is 9.47 Å². The summed E-state index contributed by atoms with van der Waals surface area (Å²) in [7, 11) is 0. The molecule has 0 bridgehead atoms. The van der Waals surface area contributed by atoms with Gasteiger partial charge in [-0.25, -0.2) is 0 Å².